The molecule has 1 aromatic carbocycles. The monoisotopic (exact) mass is 269 g/mol. The summed E-state index contributed by atoms with van der Waals surface area (Å²) in [7, 11) is 0. The lowest BCUT2D eigenvalue weighted by atomic mass is 10.1. The topological polar surface area (TPSA) is 68.0 Å². The first kappa shape index (κ1) is 11.7. The highest BCUT2D eigenvalue weighted by atomic mass is 32.1. The maximum Gasteiger partial charge on any atom is 0.258 e. The van der Waals surface area contributed by atoms with Gasteiger partial charge in [0.2, 0.25) is 0 Å². The smallest absolute Gasteiger partial charge is 0.258 e. The number of carbonyl (C=O) groups is 1. The van der Waals surface area contributed by atoms with Crippen LogP contribution in [0, 0.1) is 0 Å². The van der Waals surface area contributed by atoms with Crippen molar-refractivity contribution >= 4 is 38.8 Å². The SMILES string of the molecule is Nc1ccc(NC(=O)c2csc3ccccc23)nc1. The maximum absolute atomic E-state index is 12.2. The van der Waals surface area contributed by atoms with Crippen molar-refractivity contribution < 1.29 is 4.79 Å². The van der Waals surface area contributed by atoms with Crippen LogP contribution in [-0.2, 0) is 0 Å². The van der Waals surface area contributed by atoms with Gasteiger partial charge in [-0.15, -0.1) is 11.3 Å². The Bertz CT molecular complexity index is 734. The van der Waals surface area contributed by atoms with E-state index in [1.54, 1.807) is 23.5 Å². The number of benzene rings is 1. The Morgan fingerprint density at radius 1 is 1.21 bits per heavy atom. The molecule has 0 saturated heterocycles. The van der Waals surface area contributed by atoms with Crippen LogP contribution in [0.3, 0.4) is 0 Å². The molecule has 0 aliphatic heterocycles. The molecule has 0 aliphatic carbocycles. The van der Waals surface area contributed by atoms with Gasteiger partial charge in [-0.1, -0.05) is 18.2 Å². The number of amides is 1. The standard InChI is InChI=1S/C14H11N3OS/c15-9-5-6-13(16-7-9)17-14(18)11-8-19-12-4-2-1-3-10(11)12/h1-8H,15H2,(H,16,17,18). The first-order chi connectivity index (χ1) is 9.24. The van der Waals surface area contributed by atoms with Crippen molar-refractivity contribution in [2.45, 2.75) is 0 Å². The van der Waals surface area contributed by atoms with E-state index in [0.717, 1.165) is 10.1 Å². The molecular weight excluding hydrogens is 258 g/mol. The highest BCUT2D eigenvalue weighted by Crippen LogP contribution is 2.26. The highest BCUT2D eigenvalue weighted by molar-refractivity contribution is 7.17. The number of nitrogens with one attached hydrogen (secondary N) is 1. The van der Waals surface area contributed by atoms with Gasteiger partial charge in [0, 0.05) is 15.5 Å². The van der Waals surface area contributed by atoms with Crippen LogP contribution in [0.15, 0.2) is 48.0 Å². The molecule has 0 radical (unpaired) electrons. The van der Waals surface area contributed by atoms with E-state index in [-0.39, 0.29) is 5.91 Å². The number of carbonyl (C=O) groups excluding carboxylic acids is 1. The van der Waals surface area contributed by atoms with Crippen LogP contribution in [0.25, 0.3) is 10.1 Å². The Morgan fingerprint density at radius 3 is 2.84 bits per heavy atom. The van der Waals surface area contributed by atoms with Crippen molar-refractivity contribution in [1.29, 1.82) is 0 Å². The molecule has 0 unspecified atom stereocenters. The number of fused-ring (bicyclic) bond motifs is 1. The molecule has 0 spiro atoms. The Hall–Kier alpha value is -2.40. The molecule has 4 nitrogen and oxygen atoms in total. The molecule has 2 heterocycles. The van der Waals surface area contributed by atoms with Crippen molar-refractivity contribution in [1.82, 2.24) is 4.98 Å². The van der Waals surface area contributed by atoms with E-state index in [1.807, 2.05) is 29.6 Å². The lowest BCUT2D eigenvalue weighted by Crippen LogP contribution is -2.12. The number of aromatic nitrogens is 1. The summed E-state index contributed by atoms with van der Waals surface area (Å²) in [4.78, 5) is 16.3. The fraction of sp³-hybridized carbons (Fsp3) is 0. The molecule has 0 atom stereocenters. The van der Waals surface area contributed by atoms with Crippen molar-refractivity contribution in [2.24, 2.45) is 0 Å². The van der Waals surface area contributed by atoms with Crippen LogP contribution >= 0.6 is 11.3 Å². The zero-order chi connectivity index (χ0) is 13.2. The summed E-state index contributed by atoms with van der Waals surface area (Å²) in [6, 6.07) is 11.2. The number of rotatable bonds is 2. The minimum Gasteiger partial charge on any atom is -0.397 e. The molecule has 1 amide bonds. The van der Waals surface area contributed by atoms with Crippen LogP contribution in [-0.4, -0.2) is 10.9 Å². The third-order valence-electron chi connectivity index (χ3n) is 2.75. The van der Waals surface area contributed by atoms with Gasteiger partial charge in [-0.25, -0.2) is 4.98 Å². The highest BCUT2D eigenvalue weighted by Gasteiger charge is 2.12. The summed E-state index contributed by atoms with van der Waals surface area (Å²) in [5.74, 6) is 0.337. The van der Waals surface area contributed by atoms with Crippen molar-refractivity contribution in [3.05, 3.63) is 53.5 Å². The molecule has 0 saturated carbocycles. The van der Waals surface area contributed by atoms with E-state index in [2.05, 4.69) is 10.3 Å². The van der Waals surface area contributed by atoms with Crippen LogP contribution < -0.4 is 11.1 Å². The zero-order valence-corrected chi connectivity index (χ0v) is 10.8. The lowest BCUT2D eigenvalue weighted by Gasteiger charge is -2.03. The van der Waals surface area contributed by atoms with Gasteiger partial charge in [-0.2, -0.15) is 0 Å². The largest absolute Gasteiger partial charge is 0.397 e. The molecule has 3 rings (SSSR count). The maximum atomic E-state index is 12.2. The molecule has 19 heavy (non-hydrogen) atoms. The molecule has 5 heteroatoms. The number of hydrogen-bond acceptors (Lipinski definition) is 4. The predicted octanol–water partition coefficient (Wildman–Crippen LogP) is 3.13. The number of hydrogen-bond donors (Lipinski definition) is 2. The first-order valence-electron chi connectivity index (χ1n) is 5.73. The van der Waals surface area contributed by atoms with Gasteiger partial charge >= 0.3 is 0 Å². The fourth-order valence-corrected chi connectivity index (χ4v) is 2.76. The number of nitrogens with two attached hydrogens (primary N) is 1. The van der Waals surface area contributed by atoms with Crippen LogP contribution in [0.4, 0.5) is 11.5 Å². The summed E-state index contributed by atoms with van der Waals surface area (Å²) in [6.07, 6.45) is 1.52. The number of anilines is 2. The van der Waals surface area contributed by atoms with Crippen LogP contribution in [0.5, 0.6) is 0 Å². The molecule has 94 valence electrons. The van der Waals surface area contributed by atoms with Gasteiger partial charge in [0.1, 0.15) is 5.82 Å². The van der Waals surface area contributed by atoms with Crippen LogP contribution in [0.1, 0.15) is 10.4 Å². The molecule has 0 aliphatic rings. The summed E-state index contributed by atoms with van der Waals surface area (Å²) in [5, 5.41) is 5.58. The van der Waals surface area contributed by atoms with E-state index in [0.29, 0.717) is 17.1 Å². The number of thiophene rings is 1. The second-order valence-electron chi connectivity index (χ2n) is 4.08. The fourth-order valence-electron chi connectivity index (χ4n) is 1.82. The Kier molecular flexibility index (Phi) is 2.89. The van der Waals surface area contributed by atoms with E-state index < -0.39 is 0 Å². The van der Waals surface area contributed by atoms with Gasteiger partial charge in [0.15, 0.2) is 0 Å². The van der Waals surface area contributed by atoms with Crippen molar-refractivity contribution in [2.75, 3.05) is 11.1 Å². The normalized spacial score (nSPS) is 10.5. The molecule has 3 N–H and O–H groups in total. The molecular formula is C14H11N3OS. The minimum atomic E-state index is -0.158. The summed E-state index contributed by atoms with van der Waals surface area (Å²) < 4.78 is 1.10. The minimum absolute atomic E-state index is 0.158. The number of nitrogen functional groups attached to an aromatic ring is 1. The Labute approximate surface area is 113 Å². The second kappa shape index (κ2) is 4.70. The van der Waals surface area contributed by atoms with Gasteiger partial charge in [0.05, 0.1) is 17.4 Å². The molecule has 3 aromatic rings. The first-order valence-corrected chi connectivity index (χ1v) is 6.61. The van der Waals surface area contributed by atoms with E-state index >= 15 is 0 Å². The van der Waals surface area contributed by atoms with Crippen LogP contribution in [0.2, 0.25) is 0 Å². The second-order valence-corrected chi connectivity index (χ2v) is 4.99. The number of pyridine rings is 1. The van der Waals surface area contributed by atoms with Gasteiger partial charge < -0.3 is 11.1 Å². The third-order valence-corrected chi connectivity index (χ3v) is 3.72. The Morgan fingerprint density at radius 2 is 2.05 bits per heavy atom. The van der Waals surface area contributed by atoms with E-state index in [9.17, 15) is 4.79 Å². The van der Waals surface area contributed by atoms with Crippen molar-refractivity contribution in [3.63, 3.8) is 0 Å². The average Bonchev–Trinajstić information content (AvgIpc) is 2.85. The van der Waals surface area contributed by atoms with Gasteiger partial charge in [-0.05, 0) is 18.2 Å². The zero-order valence-electron chi connectivity index (χ0n) is 9.96. The summed E-state index contributed by atoms with van der Waals surface area (Å²) >= 11 is 1.55. The molecule has 0 bridgehead atoms. The quantitative estimate of drug-likeness (QED) is 0.751. The lowest BCUT2D eigenvalue weighted by molar-refractivity contribution is 0.102. The molecule has 2 aromatic heterocycles. The average molecular weight is 269 g/mol. The van der Waals surface area contributed by atoms with E-state index in [1.165, 1.54) is 6.20 Å². The number of nitrogens with zero attached hydrogens (tertiary/aromatic N) is 1. The predicted molar refractivity (Wildman–Crippen MR) is 78.4 cm³/mol. The third kappa shape index (κ3) is 2.28. The summed E-state index contributed by atoms with van der Waals surface area (Å²) in [6.45, 7) is 0. The Balaban J connectivity index is 1.90. The molecule has 0 fully saturated rings. The van der Waals surface area contributed by atoms with Gasteiger partial charge in [0.25, 0.3) is 5.91 Å². The van der Waals surface area contributed by atoms with E-state index in [4.69, 9.17) is 5.73 Å². The van der Waals surface area contributed by atoms with Gasteiger partial charge in [-0.3, -0.25) is 4.79 Å². The van der Waals surface area contributed by atoms with Crippen molar-refractivity contribution in [3.8, 4) is 0 Å². The summed E-state index contributed by atoms with van der Waals surface area (Å²) in [5.41, 5.74) is 6.79.